The van der Waals surface area contributed by atoms with Crippen molar-refractivity contribution in [1.82, 2.24) is 0 Å². The van der Waals surface area contributed by atoms with Crippen molar-refractivity contribution in [3.8, 4) is 0 Å². The van der Waals surface area contributed by atoms with Crippen molar-refractivity contribution in [2.75, 3.05) is 0 Å². The molecule has 128 valence electrons. The van der Waals surface area contributed by atoms with Gasteiger partial charge in [-0.3, -0.25) is 4.79 Å². The van der Waals surface area contributed by atoms with E-state index in [1.54, 1.807) is 0 Å². The molecule has 0 bridgehead atoms. The Bertz CT molecular complexity index is 503. The average molecular weight is 446 g/mol. The van der Waals surface area contributed by atoms with E-state index < -0.39 is 0 Å². The van der Waals surface area contributed by atoms with Crippen molar-refractivity contribution in [2.45, 2.75) is 55.8 Å². The minimum atomic E-state index is -0.378. The van der Waals surface area contributed by atoms with Gasteiger partial charge in [-0.15, -0.1) is 0 Å². The van der Waals surface area contributed by atoms with Gasteiger partial charge in [-0.1, -0.05) is 83.0 Å². The lowest BCUT2D eigenvalue weighted by Gasteiger charge is -2.36. The van der Waals surface area contributed by atoms with E-state index in [1.165, 1.54) is 6.42 Å². The quantitative estimate of drug-likeness (QED) is 0.417. The minimum Gasteiger partial charge on any atom is -0.461 e. The van der Waals surface area contributed by atoms with Gasteiger partial charge in [-0.2, -0.15) is 0 Å². The monoisotopic (exact) mass is 444 g/mol. The van der Waals surface area contributed by atoms with Gasteiger partial charge in [0.05, 0.1) is 4.83 Å². The van der Waals surface area contributed by atoms with Crippen LogP contribution >= 0.6 is 31.9 Å². The average Bonchev–Trinajstić information content (AvgIpc) is 2.56. The number of esters is 1. The largest absolute Gasteiger partial charge is 0.461 e. The fourth-order valence-corrected chi connectivity index (χ4v) is 4.15. The third-order valence-electron chi connectivity index (χ3n) is 4.97. The van der Waals surface area contributed by atoms with Gasteiger partial charge in [0, 0.05) is 0 Å². The molecule has 0 heterocycles. The number of rotatable bonds is 5. The molecule has 0 radical (unpaired) electrons. The van der Waals surface area contributed by atoms with Gasteiger partial charge in [0.15, 0.2) is 0 Å². The topological polar surface area (TPSA) is 26.3 Å². The summed E-state index contributed by atoms with van der Waals surface area (Å²) in [5.41, 5.74) is 1.07. The first-order valence-electron chi connectivity index (χ1n) is 8.43. The molecule has 1 aliphatic carbocycles. The number of carbonyl (C=O) groups excluding carboxylic acids is 1. The van der Waals surface area contributed by atoms with E-state index in [-0.39, 0.29) is 21.7 Å². The van der Waals surface area contributed by atoms with Crippen molar-refractivity contribution in [2.24, 2.45) is 17.8 Å². The van der Waals surface area contributed by atoms with E-state index in [1.807, 2.05) is 30.3 Å². The predicted octanol–water partition coefficient (Wildman–Crippen LogP) is 5.89. The summed E-state index contributed by atoms with van der Waals surface area (Å²) in [6, 6.07) is 9.95. The maximum absolute atomic E-state index is 12.5. The van der Waals surface area contributed by atoms with Crippen molar-refractivity contribution in [3.05, 3.63) is 35.9 Å². The van der Waals surface area contributed by atoms with Gasteiger partial charge in [-0.05, 0) is 42.6 Å². The van der Waals surface area contributed by atoms with Crippen LogP contribution in [0.2, 0.25) is 0 Å². The summed E-state index contributed by atoms with van der Waals surface area (Å²) in [5.74, 6) is 1.58. The number of carbonyl (C=O) groups is 1. The second-order valence-electron chi connectivity index (χ2n) is 6.98. The van der Waals surface area contributed by atoms with E-state index in [9.17, 15) is 4.79 Å². The van der Waals surface area contributed by atoms with Crippen molar-refractivity contribution < 1.29 is 9.53 Å². The van der Waals surface area contributed by atoms with Crippen LogP contribution in [0.3, 0.4) is 0 Å². The van der Waals surface area contributed by atoms with E-state index in [4.69, 9.17) is 4.74 Å². The second kappa shape index (κ2) is 8.66. The van der Waals surface area contributed by atoms with Crippen LogP contribution in [0, 0.1) is 17.8 Å². The second-order valence-corrected chi connectivity index (χ2v) is 8.96. The molecule has 5 atom stereocenters. The number of hydrogen-bond donors (Lipinski definition) is 0. The number of alkyl halides is 2. The molecule has 4 heteroatoms. The fraction of sp³-hybridized carbons (Fsp3) is 0.632. The Kier molecular flexibility index (Phi) is 7.15. The highest BCUT2D eigenvalue weighted by Gasteiger charge is 2.34. The smallest absolute Gasteiger partial charge is 0.321 e. The van der Waals surface area contributed by atoms with Crippen molar-refractivity contribution in [1.29, 1.82) is 0 Å². The zero-order chi connectivity index (χ0) is 17.0. The molecule has 1 aromatic rings. The van der Waals surface area contributed by atoms with Gasteiger partial charge >= 0.3 is 5.97 Å². The molecule has 23 heavy (non-hydrogen) atoms. The van der Waals surface area contributed by atoms with E-state index >= 15 is 0 Å². The standard InChI is InChI=1S/C19H26Br2O2/c1-12(2)15-10-9-13(3)16(11-15)23-19(22)18(21)17(20)14-7-5-4-6-8-14/h4-8,12-13,15-18H,9-11H2,1-3H3/t13-,15+,16+,17-,18+/m0/s1. The summed E-state index contributed by atoms with van der Waals surface area (Å²) in [6.45, 7) is 6.72. The SMILES string of the molecule is CC(C)[C@@H]1CC[C@H](C)[C@H](OC(=O)[C@H](Br)[C@@H](Br)c2ccccc2)C1. The van der Waals surface area contributed by atoms with Crippen LogP contribution in [0.15, 0.2) is 30.3 Å². The Hall–Kier alpha value is -0.350. The predicted molar refractivity (Wildman–Crippen MR) is 102 cm³/mol. The third kappa shape index (κ3) is 5.06. The van der Waals surface area contributed by atoms with Gasteiger partial charge in [0.1, 0.15) is 10.9 Å². The van der Waals surface area contributed by atoms with Gasteiger partial charge in [0.2, 0.25) is 0 Å². The number of benzene rings is 1. The summed E-state index contributed by atoms with van der Waals surface area (Å²) in [4.78, 5) is 12.1. The molecular weight excluding hydrogens is 420 g/mol. The van der Waals surface area contributed by atoms with E-state index in [2.05, 4.69) is 52.6 Å². The summed E-state index contributed by atoms with van der Waals surface area (Å²) in [5, 5.41) is 0. The van der Waals surface area contributed by atoms with E-state index in [0.29, 0.717) is 17.8 Å². The first kappa shape index (κ1) is 19.0. The highest BCUT2D eigenvalue weighted by molar-refractivity contribution is 9.12. The van der Waals surface area contributed by atoms with Crippen LogP contribution < -0.4 is 0 Å². The third-order valence-corrected chi connectivity index (χ3v) is 7.64. The molecule has 0 amide bonds. The molecule has 2 rings (SSSR count). The van der Waals surface area contributed by atoms with Crippen LogP contribution in [-0.2, 0) is 9.53 Å². The summed E-state index contributed by atoms with van der Waals surface area (Å²) in [7, 11) is 0. The number of halogens is 2. The zero-order valence-electron chi connectivity index (χ0n) is 14.0. The Morgan fingerprint density at radius 3 is 2.43 bits per heavy atom. The molecule has 0 saturated heterocycles. The van der Waals surface area contributed by atoms with Gasteiger partial charge in [0.25, 0.3) is 0 Å². The molecule has 2 nitrogen and oxygen atoms in total. The minimum absolute atomic E-state index is 0.0409. The maximum atomic E-state index is 12.5. The molecule has 1 saturated carbocycles. The highest BCUT2D eigenvalue weighted by Crippen LogP contribution is 2.37. The normalized spacial score (nSPS) is 27.5. The Morgan fingerprint density at radius 2 is 1.83 bits per heavy atom. The fourth-order valence-electron chi connectivity index (χ4n) is 3.22. The molecule has 1 aliphatic rings. The van der Waals surface area contributed by atoms with Crippen molar-refractivity contribution in [3.63, 3.8) is 0 Å². The summed E-state index contributed by atoms with van der Waals surface area (Å²) < 4.78 is 5.87. The Morgan fingerprint density at radius 1 is 1.17 bits per heavy atom. The Labute approximate surface area is 156 Å². The number of hydrogen-bond acceptors (Lipinski definition) is 2. The van der Waals surface area contributed by atoms with Gasteiger partial charge < -0.3 is 4.74 Å². The van der Waals surface area contributed by atoms with Gasteiger partial charge in [-0.25, -0.2) is 0 Å². The first-order chi connectivity index (χ1) is 10.9. The lowest BCUT2D eigenvalue weighted by molar-refractivity contribution is -0.153. The summed E-state index contributed by atoms with van der Waals surface area (Å²) >= 11 is 7.13. The van der Waals surface area contributed by atoms with Crippen LogP contribution in [0.1, 0.15) is 50.4 Å². The molecular formula is C19H26Br2O2. The molecule has 1 aromatic carbocycles. The van der Waals surface area contributed by atoms with Crippen LogP contribution in [0.25, 0.3) is 0 Å². The molecule has 1 fully saturated rings. The van der Waals surface area contributed by atoms with Crippen LogP contribution in [0.4, 0.5) is 0 Å². The zero-order valence-corrected chi connectivity index (χ0v) is 17.2. The highest BCUT2D eigenvalue weighted by atomic mass is 79.9. The first-order valence-corrected chi connectivity index (χ1v) is 10.3. The van der Waals surface area contributed by atoms with Crippen LogP contribution in [-0.4, -0.2) is 16.9 Å². The molecule has 0 spiro atoms. The van der Waals surface area contributed by atoms with Crippen molar-refractivity contribution >= 4 is 37.8 Å². The number of ether oxygens (including phenoxy) is 1. The molecule has 0 unspecified atom stereocenters. The molecule has 0 N–H and O–H groups in total. The van der Waals surface area contributed by atoms with E-state index in [0.717, 1.165) is 18.4 Å². The lowest BCUT2D eigenvalue weighted by Crippen LogP contribution is -2.36. The molecule has 0 aromatic heterocycles. The van der Waals surface area contributed by atoms with Crippen LogP contribution in [0.5, 0.6) is 0 Å². The molecule has 0 aliphatic heterocycles. The maximum Gasteiger partial charge on any atom is 0.321 e. The Balaban J connectivity index is 1.97. The summed E-state index contributed by atoms with van der Waals surface area (Å²) in [6.07, 6.45) is 3.42. The lowest BCUT2D eigenvalue weighted by atomic mass is 9.76.